The first-order valence-corrected chi connectivity index (χ1v) is 7.30. The van der Waals surface area contributed by atoms with E-state index in [4.69, 9.17) is 17.0 Å². The van der Waals surface area contributed by atoms with E-state index < -0.39 is 5.91 Å². The molecular weight excluding hydrogens is 302 g/mol. The van der Waals surface area contributed by atoms with Crippen LogP contribution in [-0.2, 0) is 9.59 Å². The van der Waals surface area contributed by atoms with Crippen LogP contribution >= 0.6 is 12.2 Å². The van der Waals surface area contributed by atoms with Crippen LogP contribution in [0.4, 0.5) is 0 Å². The molecule has 3 N–H and O–H groups in total. The van der Waals surface area contributed by atoms with Crippen molar-refractivity contribution in [3.63, 3.8) is 0 Å². The van der Waals surface area contributed by atoms with E-state index in [0.29, 0.717) is 5.75 Å². The SMILES string of the molecule is Cc1cccc(C)c1OCC(=O)NNC(=S)NC(=O)C(C)C. The average Bonchev–Trinajstić information content (AvgIpc) is 2.44. The smallest absolute Gasteiger partial charge is 0.276 e. The van der Waals surface area contributed by atoms with Crippen LogP contribution in [0.25, 0.3) is 0 Å². The minimum absolute atomic E-state index is 0.0409. The zero-order valence-corrected chi connectivity index (χ0v) is 14.0. The minimum atomic E-state index is -0.399. The summed E-state index contributed by atoms with van der Waals surface area (Å²) < 4.78 is 5.50. The van der Waals surface area contributed by atoms with Crippen LogP contribution in [0.3, 0.4) is 0 Å². The molecule has 0 unspecified atom stereocenters. The van der Waals surface area contributed by atoms with Gasteiger partial charge in [0, 0.05) is 5.92 Å². The molecule has 6 nitrogen and oxygen atoms in total. The van der Waals surface area contributed by atoms with Crippen molar-refractivity contribution >= 4 is 29.1 Å². The third kappa shape index (κ3) is 5.69. The molecule has 0 spiro atoms. The van der Waals surface area contributed by atoms with Gasteiger partial charge in [-0.1, -0.05) is 32.0 Å². The largest absolute Gasteiger partial charge is 0.483 e. The maximum atomic E-state index is 11.7. The summed E-state index contributed by atoms with van der Waals surface area (Å²) in [5.74, 6) is -0.126. The quantitative estimate of drug-likeness (QED) is 0.576. The summed E-state index contributed by atoms with van der Waals surface area (Å²) in [4.78, 5) is 23.1. The highest BCUT2D eigenvalue weighted by atomic mass is 32.1. The fourth-order valence-corrected chi connectivity index (χ4v) is 1.77. The molecular formula is C15H21N3O3S. The Labute approximate surface area is 135 Å². The molecule has 0 aliphatic carbocycles. The van der Waals surface area contributed by atoms with Crippen LogP contribution in [0.5, 0.6) is 5.75 Å². The van der Waals surface area contributed by atoms with Gasteiger partial charge in [0.25, 0.3) is 5.91 Å². The van der Waals surface area contributed by atoms with Gasteiger partial charge in [-0.3, -0.25) is 20.4 Å². The summed E-state index contributed by atoms with van der Waals surface area (Å²) >= 11 is 4.89. The number of carbonyl (C=O) groups excluding carboxylic acids is 2. The van der Waals surface area contributed by atoms with Gasteiger partial charge in [-0.25, -0.2) is 0 Å². The summed E-state index contributed by atoms with van der Waals surface area (Å²) in [5, 5.41) is 2.49. The lowest BCUT2D eigenvalue weighted by Crippen LogP contribution is -2.50. The number of amides is 2. The standard InChI is InChI=1S/C15H21N3O3S/c1-9(2)14(20)16-15(22)18-17-12(19)8-21-13-10(3)6-5-7-11(13)4/h5-7,9H,8H2,1-4H3,(H,17,19)(H2,16,18,20,22). The summed E-state index contributed by atoms with van der Waals surface area (Å²) in [7, 11) is 0. The van der Waals surface area contributed by atoms with Gasteiger partial charge in [0.2, 0.25) is 5.91 Å². The summed E-state index contributed by atoms with van der Waals surface area (Å²) in [6.45, 7) is 7.16. The molecule has 0 saturated heterocycles. The Morgan fingerprint density at radius 1 is 1.18 bits per heavy atom. The van der Waals surface area contributed by atoms with Gasteiger partial charge < -0.3 is 10.1 Å². The lowest BCUT2D eigenvalue weighted by Gasteiger charge is -2.14. The zero-order valence-electron chi connectivity index (χ0n) is 13.1. The van der Waals surface area contributed by atoms with Crippen molar-refractivity contribution in [3.8, 4) is 5.75 Å². The van der Waals surface area contributed by atoms with E-state index in [-0.39, 0.29) is 23.5 Å². The highest BCUT2D eigenvalue weighted by Gasteiger charge is 2.10. The van der Waals surface area contributed by atoms with Crippen LogP contribution in [0.2, 0.25) is 0 Å². The number of hydrazine groups is 1. The molecule has 0 atom stereocenters. The van der Waals surface area contributed by atoms with Gasteiger partial charge in [0.15, 0.2) is 11.7 Å². The second-order valence-corrected chi connectivity index (χ2v) is 5.56. The molecule has 2 amide bonds. The second kappa shape index (κ2) is 8.33. The Kier molecular flexibility index (Phi) is 6.78. The molecule has 0 saturated carbocycles. The number of para-hydroxylation sites is 1. The van der Waals surface area contributed by atoms with E-state index in [9.17, 15) is 9.59 Å². The molecule has 0 aliphatic rings. The molecule has 0 aromatic heterocycles. The molecule has 0 radical (unpaired) electrons. The van der Waals surface area contributed by atoms with E-state index in [1.54, 1.807) is 13.8 Å². The number of benzene rings is 1. The summed E-state index contributed by atoms with van der Waals surface area (Å²) in [6.07, 6.45) is 0. The lowest BCUT2D eigenvalue weighted by atomic mass is 10.1. The van der Waals surface area contributed by atoms with Crippen LogP contribution < -0.4 is 20.9 Å². The van der Waals surface area contributed by atoms with Crippen molar-refractivity contribution in [2.24, 2.45) is 5.92 Å². The average molecular weight is 323 g/mol. The van der Waals surface area contributed by atoms with Crippen LogP contribution in [0, 0.1) is 19.8 Å². The number of aryl methyl sites for hydroxylation is 2. The van der Waals surface area contributed by atoms with Crippen molar-refractivity contribution in [3.05, 3.63) is 29.3 Å². The highest BCUT2D eigenvalue weighted by Crippen LogP contribution is 2.21. The summed E-state index contributed by atoms with van der Waals surface area (Å²) in [6, 6.07) is 5.75. The van der Waals surface area contributed by atoms with Gasteiger partial charge >= 0.3 is 0 Å². The minimum Gasteiger partial charge on any atom is -0.483 e. The summed E-state index contributed by atoms with van der Waals surface area (Å²) in [5.41, 5.74) is 6.74. The number of hydrogen-bond donors (Lipinski definition) is 3. The predicted molar refractivity (Wildman–Crippen MR) is 88.3 cm³/mol. The molecule has 0 heterocycles. The van der Waals surface area contributed by atoms with Crippen molar-refractivity contribution in [1.29, 1.82) is 0 Å². The fraction of sp³-hybridized carbons (Fsp3) is 0.400. The van der Waals surface area contributed by atoms with Gasteiger partial charge in [0.05, 0.1) is 0 Å². The maximum Gasteiger partial charge on any atom is 0.276 e. The van der Waals surface area contributed by atoms with Crippen molar-refractivity contribution < 1.29 is 14.3 Å². The first-order valence-electron chi connectivity index (χ1n) is 6.90. The predicted octanol–water partition coefficient (Wildman–Crippen LogP) is 1.36. The molecule has 22 heavy (non-hydrogen) atoms. The van der Waals surface area contributed by atoms with Gasteiger partial charge in [-0.2, -0.15) is 0 Å². The number of nitrogens with one attached hydrogen (secondary N) is 3. The first kappa shape index (κ1) is 17.9. The maximum absolute atomic E-state index is 11.7. The van der Waals surface area contributed by atoms with Crippen LogP contribution in [0.1, 0.15) is 25.0 Å². The monoisotopic (exact) mass is 323 g/mol. The Morgan fingerprint density at radius 3 is 2.32 bits per heavy atom. The fourth-order valence-electron chi connectivity index (χ4n) is 1.61. The molecule has 0 fully saturated rings. The number of rotatable bonds is 4. The highest BCUT2D eigenvalue weighted by molar-refractivity contribution is 7.80. The molecule has 7 heteroatoms. The molecule has 0 bridgehead atoms. The van der Waals surface area contributed by atoms with Crippen molar-refractivity contribution in [1.82, 2.24) is 16.2 Å². The first-order chi connectivity index (χ1) is 10.3. The lowest BCUT2D eigenvalue weighted by molar-refractivity contribution is -0.124. The molecule has 1 aromatic carbocycles. The molecule has 120 valence electrons. The zero-order chi connectivity index (χ0) is 16.7. The second-order valence-electron chi connectivity index (χ2n) is 5.16. The number of hydrogen-bond acceptors (Lipinski definition) is 4. The normalized spacial score (nSPS) is 10.0. The van der Waals surface area contributed by atoms with E-state index in [1.807, 2.05) is 32.0 Å². The van der Waals surface area contributed by atoms with Gasteiger partial charge in [0.1, 0.15) is 5.75 Å². The van der Waals surface area contributed by atoms with E-state index >= 15 is 0 Å². The van der Waals surface area contributed by atoms with Crippen LogP contribution in [-0.4, -0.2) is 23.5 Å². The van der Waals surface area contributed by atoms with Crippen molar-refractivity contribution in [2.75, 3.05) is 6.61 Å². The topological polar surface area (TPSA) is 79.5 Å². The van der Waals surface area contributed by atoms with E-state index in [2.05, 4.69) is 16.2 Å². The van der Waals surface area contributed by atoms with Gasteiger partial charge in [-0.15, -0.1) is 0 Å². The Morgan fingerprint density at radius 2 is 1.77 bits per heavy atom. The molecule has 0 aliphatic heterocycles. The third-order valence-corrected chi connectivity index (χ3v) is 3.04. The number of thiocarbonyl (C=S) groups is 1. The van der Waals surface area contributed by atoms with Crippen molar-refractivity contribution in [2.45, 2.75) is 27.7 Å². The Balaban J connectivity index is 2.38. The Bertz CT molecular complexity index is 553. The third-order valence-electron chi connectivity index (χ3n) is 2.83. The number of carbonyl (C=O) groups is 2. The Hall–Kier alpha value is -2.15. The van der Waals surface area contributed by atoms with Crippen LogP contribution in [0.15, 0.2) is 18.2 Å². The molecule has 1 aromatic rings. The van der Waals surface area contributed by atoms with E-state index in [1.165, 1.54) is 0 Å². The van der Waals surface area contributed by atoms with E-state index in [0.717, 1.165) is 11.1 Å². The van der Waals surface area contributed by atoms with Gasteiger partial charge in [-0.05, 0) is 37.2 Å². The molecule has 1 rings (SSSR count). The number of ether oxygens (including phenoxy) is 1.